The van der Waals surface area contributed by atoms with E-state index in [2.05, 4.69) is 26.0 Å². The minimum atomic E-state index is -0.423. The zero-order valence-corrected chi connectivity index (χ0v) is 11.1. The van der Waals surface area contributed by atoms with E-state index in [4.69, 9.17) is 5.73 Å². The SMILES string of the molecule is COC(=O)C(C)Nc1ccc(Br)c(C)c1N. The predicted octanol–water partition coefficient (Wildman–Crippen LogP) is 2.31. The molecule has 0 radical (unpaired) electrons. The lowest BCUT2D eigenvalue weighted by atomic mass is 10.1. The van der Waals surface area contributed by atoms with Gasteiger partial charge < -0.3 is 15.8 Å². The Labute approximate surface area is 103 Å². The third kappa shape index (κ3) is 2.66. The molecule has 0 heterocycles. The van der Waals surface area contributed by atoms with Crippen LogP contribution in [0.4, 0.5) is 11.4 Å². The average molecular weight is 287 g/mol. The molecule has 16 heavy (non-hydrogen) atoms. The summed E-state index contributed by atoms with van der Waals surface area (Å²) < 4.78 is 5.57. The number of ether oxygens (including phenoxy) is 1. The first-order valence-corrected chi connectivity index (χ1v) is 5.65. The number of anilines is 2. The predicted molar refractivity (Wildman–Crippen MR) is 68.4 cm³/mol. The molecule has 5 heteroatoms. The molecule has 1 atom stereocenters. The maximum atomic E-state index is 11.2. The van der Waals surface area contributed by atoms with Crippen LogP contribution in [-0.2, 0) is 9.53 Å². The van der Waals surface area contributed by atoms with E-state index in [0.29, 0.717) is 5.69 Å². The molecular weight excluding hydrogens is 272 g/mol. The van der Waals surface area contributed by atoms with Crippen molar-refractivity contribution in [2.45, 2.75) is 19.9 Å². The van der Waals surface area contributed by atoms with Crippen LogP contribution in [0.5, 0.6) is 0 Å². The first-order valence-electron chi connectivity index (χ1n) is 4.86. The van der Waals surface area contributed by atoms with Gasteiger partial charge in [-0.1, -0.05) is 15.9 Å². The molecular formula is C11H15BrN2O2. The molecule has 4 nitrogen and oxygen atoms in total. The van der Waals surface area contributed by atoms with Crippen molar-refractivity contribution in [2.75, 3.05) is 18.2 Å². The summed E-state index contributed by atoms with van der Waals surface area (Å²) in [7, 11) is 1.36. The summed E-state index contributed by atoms with van der Waals surface area (Å²) in [4.78, 5) is 11.2. The molecule has 0 saturated heterocycles. The van der Waals surface area contributed by atoms with E-state index >= 15 is 0 Å². The lowest BCUT2D eigenvalue weighted by Gasteiger charge is -2.16. The number of nitrogen functional groups attached to an aromatic ring is 1. The fourth-order valence-electron chi connectivity index (χ4n) is 1.30. The molecule has 1 rings (SSSR count). The van der Waals surface area contributed by atoms with E-state index in [1.807, 2.05) is 19.1 Å². The Hall–Kier alpha value is -1.23. The van der Waals surface area contributed by atoms with Gasteiger partial charge in [-0.3, -0.25) is 0 Å². The molecule has 0 bridgehead atoms. The van der Waals surface area contributed by atoms with Crippen LogP contribution in [-0.4, -0.2) is 19.1 Å². The van der Waals surface area contributed by atoms with Crippen molar-refractivity contribution >= 4 is 33.3 Å². The third-order valence-electron chi connectivity index (χ3n) is 2.38. The number of esters is 1. The fraction of sp³-hybridized carbons (Fsp3) is 0.364. The number of halogens is 1. The van der Waals surface area contributed by atoms with Crippen LogP contribution >= 0.6 is 15.9 Å². The maximum absolute atomic E-state index is 11.2. The molecule has 0 aliphatic carbocycles. The second-order valence-corrected chi connectivity index (χ2v) is 4.38. The summed E-state index contributed by atoms with van der Waals surface area (Å²) >= 11 is 3.39. The van der Waals surface area contributed by atoms with Crippen LogP contribution < -0.4 is 11.1 Å². The number of benzene rings is 1. The molecule has 0 saturated carbocycles. The van der Waals surface area contributed by atoms with Crippen molar-refractivity contribution in [2.24, 2.45) is 0 Å². The van der Waals surface area contributed by atoms with Crippen molar-refractivity contribution in [3.8, 4) is 0 Å². The fourth-order valence-corrected chi connectivity index (χ4v) is 1.64. The number of nitrogens with one attached hydrogen (secondary N) is 1. The highest BCUT2D eigenvalue weighted by atomic mass is 79.9. The Kier molecular flexibility index (Phi) is 4.18. The molecule has 3 N–H and O–H groups in total. The van der Waals surface area contributed by atoms with Gasteiger partial charge >= 0.3 is 5.97 Å². The summed E-state index contributed by atoms with van der Waals surface area (Å²) in [5, 5.41) is 3.01. The molecule has 0 aromatic heterocycles. The quantitative estimate of drug-likeness (QED) is 0.661. The van der Waals surface area contributed by atoms with E-state index in [0.717, 1.165) is 15.7 Å². The van der Waals surface area contributed by atoms with Gasteiger partial charge in [0.2, 0.25) is 0 Å². The van der Waals surface area contributed by atoms with E-state index in [9.17, 15) is 4.79 Å². The molecule has 0 amide bonds. The molecule has 1 aromatic carbocycles. The first kappa shape index (κ1) is 12.8. The molecule has 0 aliphatic rings. The number of hydrogen-bond acceptors (Lipinski definition) is 4. The van der Waals surface area contributed by atoms with Gasteiger partial charge in [-0.15, -0.1) is 0 Å². The summed E-state index contributed by atoms with van der Waals surface area (Å²) in [6, 6.07) is 3.29. The minimum absolute atomic E-state index is 0.319. The number of nitrogens with two attached hydrogens (primary N) is 1. The van der Waals surface area contributed by atoms with Gasteiger partial charge in [0.05, 0.1) is 18.5 Å². The van der Waals surface area contributed by atoms with Gasteiger partial charge in [-0.2, -0.15) is 0 Å². The molecule has 0 fully saturated rings. The second-order valence-electron chi connectivity index (χ2n) is 3.52. The van der Waals surface area contributed by atoms with E-state index < -0.39 is 6.04 Å². The maximum Gasteiger partial charge on any atom is 0.327 e. The Morgan fingerprint density at radius 2 is 2.19 bits per heavy atom. The summed E-state index contributed by atoms with van der Waals surface area (Å²) in [6.07, 6.45) is 0. The van der Waals surface area contributed by atoms with Gasteiger partial charge in [-0.25, -0.2) is 4.79 Å². The minimum Gasteiger partial charge on any atom is -0.467 e. The van der Waals surface area contributed by atoms with Crippen LogP contribution in [0, 0.1) is 6.92 Å². The monoisotopic (exact) mass is 286 g/mol. The van der Waals surface area contributed by atoms with Crippen molar-refractivity contribution < 1.29 is 9.53 Å². The number of methoxy groups -OCH3 is 1. The highest BCUT2D eigenvalue weighted by Gasteiger charge is 2.14. The number of carbonyl (C=O) groups excluding carboxylic acids is 1. The summed E-state index contributed by atoms with van der Waals surface area (Å²) in [5.74, 6) is -0.319. The van der Waals surface area contributed by atoms with Crippen molar-refractivity contribution in [1.82, 2.24) is 0 Å². The molecule has 0 spiro atoms. The highest BCUT2D eigenvalue weighted by molar-refractivity contribution is 9.10. The van der Waals surface area contributed by atoms with Crippen molar-refractivity contribution in [3.63, 3.8) is 0 Å². The van der Waals surface area contributed by atoms with Crippen LogP contribution in [0.1, 0.15) is 12.5 Å². The summed E-state index contributed by atoms with van der Waals surface area (Å²) in [5.41, 5.74) is 8.24. The van der Waals surface area contributed by atoms with Gasteiger partial charge in [0.1, 0.15) is 6.04 Å². The van der Waals surface area contributed by atoms with E-state index in [1.165, 1.54) is 7.11 Å². The zero-order chi connectivity index (χ0) is 12.3. The van der Waals surface area contributed by atoms with E-state index in [-0.39, 0.29) is 5.97 Å². The van der Waals surface area contributed by atoms with Gasteiger partial charge in [0, 0.05) is 4.47 Å². The highest BCUT2D eigenvalue weighted by Crippen LogP contribution is 2.29. The smallest absolute Gasteiger partial charge is 0.327 e. The Bertz CT molecular complexity index is 407. The second kappa shape index (κ2) is 5.21. The molecule has 0 aliphatic heterocycles. The zero-order valence-electron chi connectivity index (χ0n) is 9.50. The molecule has 1 unspecified atom stereocenters. The summed E-state index contributed by atoms with van der Waals surface area (Å²) in [6.45, 7) is 3.63. The van der Waals surface area contributed by atoms with Crippen LogP contribution in [0.25, 0.3) is 0 Å². The van der Waals surface area contributed by atoms with Crippen LogP contribution in [0.3, 0.4) is 0 Å². The van der Waals surface area contributed by atoms with E-state index in [1.54, 1.807) is 6.92 Å². The Morgan fingerprint density at radius 1 is 1.56 bits per heavy atom. The number of carbonyl (C=O) groups is 1. The van der Waals surface area contributed by atoms with Crippen LogP contribution in [0.2, 0.25) is 0 Å². The van der Waals surface area contributed by atoms with Gasteiger partial charge in [0.25, 0.3) is 0 Å². The van der Waals surface area contributed by atoms with Crippen molar-refractivity contribution in [1.29, 1.82) is 0 Å². The largest absolute Gasteiger partial charge is 0.467 e. The lowest BCUT2D eigenvalue weighted by molar-refractivity contribution is -0.141. The number of hydrogen-bond donors (Lipinski definition) is 2. The molecule has 1 aromatic rings. The molecule has 88 valence electrons. The van der Waals surface area contributed by atoms with Crippen molar-refractivity contribution in [3.05, 3.63) is 22.2 Å². The average Bonchev–Trinajstić information content (AvgIpc) is 2.28. The third-order valence-corrected chi connectivity index (χ3v) is 3.23. The van der Waals surface area contributed by atoms with Gasteiger partial charge in [-0.05, 0) is 31.5 Å². The first-order chi connectivity index (χ1) is 7.47. The Morgan fingerprint density at radius 3 is 2.75 bits per heavy atom. The van der Waals surface area contributed by atoms with Crippen LogP contribution in [0.15, 0.2) is 16.6 Å². The lowest BCUT2D eigenvalue weighted by Crippen LogP contribution is -2.27. The number of rotatable bonds is 3. The standard InChI is InChI=1S/C11H15BrN2O2/c1-6-8(12)4-5-9(10(6)13)14-7(2)11(15)16-3/h4-5,7,14H,13H2,1-3H3. The topological polar surface area (TPSA) is 64.3 Å². The van der Waals surface area contributed by atoms with Gasteiger partial charge in [0.15, 0.2) is 0 Å². The normalized spacial score (nSPS) is 12.0. The Balaban J connectivity index is 2.90.